The Bertz CT molecular complexity index is 729. The van der Waals surface area contributed by atoms with Gasteiger partial charge in [-0.05, 0) is 25.3 Å². The summed E-state index contributed by atoms with van der Waals surface area (Å²) in [6, 6.07) is 7.28. The monoisotopic (exact) mass is 303 g/mol. The number of benzene rings is 1. The van der Waals surface area contributed by atoms with Crippen LogP contribution in [0.4, 0.5) is 0 Å². The lowest BCUT2D eigenvalue weighted by atomic mass is 9.76. The van der Waals surface area contributed by atoms with E-state index < -0.39 is 17.4 Å². The third-order valence-corrected chi connectivity index (χ3v) is 4.16. The topological polar surface area (TPSA) is 88.8 Å². The van der Waals surface area contributed by atoms with Crippen LogP contribution in [-0.4, -0.2) is 29.6 Å². The number of rotatable bonds is 5. The Hall–Kier alpha value is -2.34. The standard InChI is InChI=1S/C16H17NO5/c1-21-9-11-10-5-2-3-6-12(10)22-13(11)14(18)17-16(15(19)20)7-4-8-16/h2-3,5-6H,4,7-9H2,1H3,(H,17,18)(H,19,20). The minimum atomic E-state index is -1.17. The second kappa shape index (κ2) is 5.46. The smallest absolute Gasteiger partial charge is 0.329 e. The molecule has 116 valence electrons. The molecule has 1 aliphatic carbocycles. The molecule has 22 heavy (non-hydrogen) atoms. The predicted molar refractivity (Wildman–Crippen MR) is 78.6 cm³/mol. The first kappa shape index (κ1) is 14.6. The maximum absolute atomic E-state index is 12.5. The lowest BCUT2D eigenvalue weighted by molar-refractivity contribution is -0.148. The van der Waals surface area contributed by atoms with Crippen LogP contribution in [0.2, 0.25) is 0 Å². The molecule has 2 N–H and O–H groups in total. The van der Waals surface area contributed by atoms with Crippen LogP contribution < -0.4 is 5.32 Å². The van der Waals surface area contributed by atoms with Gasteiger partial charge in [0, 0.05) is 18.1 Å². The minimum Gasteiger partial charge on any atom is -0.480 e. The van der Waals surface area contributed by atoms with Gasteiger partial charge in [0.25, 0.3) is 5.91 Å². The van der Waals surface area contributed by atoms with Crippen LogP contribution in [0.5, 0.6) is 0 Å². The summed E-state index contributed by atoms with van der Waals surface area (Å²) >= 11 is 0. The average molecular weight is 303 g/mol. The van der Waals surface area contributed by atoms with E-state index in [1.165, 1.54) is 7.11 Å². The number of para-hydroxylation sites is 1. The van der Waals surface area contributed by atoms with Crippen LogP contribution in [0.1, 0.15) is 35.4 Å². The predicted octanol–water partition coefficient (Wildman–Crippen LogP) is 2.32. The Kier molecular flexibility index (Phi) is 3.62. The molecule has 1 aromatic carbocycles. The summed E-state index contributed by atoms with van der Waals surface area (Å²) in [7, 11) is 1.54. The van der Waals surface area contributed by atoms with E-state index in [1.807, 2.05) is 18.2 Å². The van der Waals surface area contributed by atoms with Crippen LogP contribution in [0.3, 0.4) is 0 Å². The summed E-state index contributed by atoms with van der Waals surface area (Å²) in [4.78, 5) is 23.9. The second-order valence-electron chi connectivity index (χ2n) is 5.53. The zero-order chi connectivity index (χ0) is 15.7. The van der Waals surface area contributed by atoms with E-state index in [4.69, 9.17) is 9.15 Å². The molecule has 0 saturated heterocycles. The van der Waals surface area contributed by atoms with Crippen molar-refractivity contribution in [2.24, 2.45) is 0 Å². The lowest BCUT2D eigenvalue weighted by Gasteiger charge is -2.37. The molecule has 3 rings (SSSR count). The molecule has 1 fully saturated rings. The number of ether oxygens (including phenoxy) is 1. The van der Waals surface area contributed by atoms with Gasteiger partial charge in [-0.3, -0.25) is 4.79 Å². The number of carboxylic acid groups (broad SMARTS) is 1. The lowest BCUT2D eigenvalue weighted by Crippen LogP contribution is -2.59. The van der Waals surface area contributed by atoms with Crippen molar-refractivity contribution < 1.29 is 23.8 Å². The molecule has 0 unspecified atom stereocenters. The summed E-state index contributed by atoms with van der Waals surface area (Å²) in [5.41, 5.74) is 0.0496. The SMILES string of the molecule is COCc1c(C(=O)NC2(C(=O)O)CCC2)oc2ccccc12. The average Bonchev–Trinajstić information content (AvgIpc) is 2.82. The molecule has 1 heterocycles. The first-order valence-electron chi connectivity index (χ1n) is 7.13. The van der Waals surface area contributed by atoms with Crippen molar-refractivity contribution in [2.45, 2.75) is 31.4 Å². The van der Waals surface area contributed by atoms with Gasteiger partial charge in [-0.25, -0.2) is 4.79 Å². The summed E-state index contributed by atoms with van der Waals surface area (Å²) in [5.74, 6) is -1.39. The molecular weight excluding hydrogens is 286 g/mol. The molecule has 0 atom stereocenters. The fraction of sp³-hybridized carbons (Fsp3) is 0.375. The number of aliphatic carboxylic acids is 1. The van der Waals surface area contributed by atoms with Crippen LogP contribution in [0.25, 0.3) is 11.0 Å². The minimum absolute atomic E-state index is 0.121. The summed E-state index contributed by atoms with van der Waals surface area (Å²) in [5, 5.41) is 12.7. The Morgan fingerprint density at radius 1 is 1.36 bits per heavy atom. The fourth-order valence-electron chi connectivity index (χ4n) is 2.77. The zero-order valence-electron chi connectivity index (χ0n) is 12.2. The highest BCUT2D eigenvalue weighted by Gasteiger charge is 2.46. The number of hydrogen-bond acceptors (Lipinski definition) is 4. The van der Waals surface area contributed by atoms with Crippen LogP contribution in [-0.2, 0) is 16.1 Å². The third-order valence-electron chi connectivity index (χ3n) is 4.16. The van der Waals surface area contributed by atoms with Gasteiger partial charge in [0.05, 0.1) is 6.61 Å². The van der Waals surface area contributed by atoms with Crippen molar-refractivity contribution in [3.63, 3.8) is 0 Å². The van der Waals surface area contributed by atoms with Gasteiger partial charge in [-0.2, -0.15) is 0 Å². The molecule has 1 saturated carbocycles. The molecule has 1 aliphatic rings. The summed E-state index contributed by atoms with van der Waals surface area (Å²) < 4.78 is 10.8. The van der Waals surface area contributed by atoms with Crippen molar-refractivity contribution in [3.05, 3.63) is 35.6 Å². The normalized spacial score (nSPS) is 16.2. The molecule has 2 aromatic rings. The first-order valence-corrected chi connectivity index (χ1v) is 7.13. The summed E-state index contributed by atoms with van der Waals surface area (Å²) in [6.07, 6.45) is 1.67. The Morgan fingerprint density at radius 3 is 2.68 bits per heavy atom. The molecular formula is C16H17NO5. The first-order chi connectivity index (χ1) is 10.6. The van der Waals surface area contributed by atoms with E-state index in [0.29, 0.717) is 24.0 Å². The highest BCUT2D eigenvalue weighted by molar-refractivity contribution is 6.01. The Balaban J connectivity index is 1.96. The van der Waals surface area contributed by atoms with Crippen molar-refractivity contribution in [2.75, 3.05) is 7.11 Å². The number of furan rings is 1. The van der Waals surface area contributed by atoms with E-state index in [2.05, 4.69) is 5.32 Å². The molecule has 6 heteroatoms. The van der Waals surface area contributed by atoms with Gasteiger partial charge >= 0.3 is 5.97 Å². The molecule has 0 radical (unpaired) electrons. The zero-order valence-corrected chi connectivity index (χ0v) is 12.2. The number of nitrogens with one attached hydrogen (secondary N) is 1. The Labute approximate surface area is 127 Å². The maximum atomic E-state index is 12.5. The van der Waals surface area contributed by atoms with Crippen LogP contribution >= 0.6 is 0 Å². The van der Waals surface area contributed by atoms with Crippen LogP contribution in [0.15, 0.2) is 28.7 Å². The number of carbonyl (C=O) groups excluding carboxylic acids is 1. The van der Waals surface area contributed by atoms with Gasteiger partial charge in [0.15, 0.2) is 5.76 Å². The molecule has 6 nitrogen and oxygen atoms in total. The van der Waals surface area contributed by atoms with E-state index in [0.717, 1.165) is 11.8 Å². The van der Waals surface area contributed by atoms with Gasteiger partial charge < -0.3 is 19.6 Å². The quantitative estimate of drug-likeness (QED) is 0.885. The number of fused-ring (bicyclic) bond motifs is 1. The third kappa shape index (κ3) is 2.25. The van der Waals surface area contributed by atoms with E-state index in [1.54, 1.807) is 6.07 Å². The van der Waals surface area contributed by atoms with Crippen molar-refractivity contribution in [1.29, 1.82) is 0 Å². The number of methoxy groups -OCH3 is 1. The van der Waals surface area contributed by atoms with Gasteiger partial charge in [0.1, 0.15) is 11.1 Å². The van der Waals surface area contributed by atoms with Gasteiger partial charge in [-0.15, -0.1) is 0 Å². The van der Waals surface area contributed by atoms with E-state index >= 15 is 0 Å². The van der Waals surface area contributed by atoms with Crippen molar-refractivity contribution in [3.8, 4) is 0 Å². The number of amides is 1. The van der Waals surface area contributed by atoms with Gasteiger partial charge in [0.2, 0.25) is 0 Å². The second-order valence-corrected chi connectivity index (χ2v) is 5.53. The molecule has 0 spiro atoms. The number of carboxylic acids is 1. The molecule has 1 amide bonds. The Morgan fingerprint density at radius 2 is 2.09 bits per heavy atom. The van der Waals surface area contributed by atoms with E-state index in [-0.39, 0.29) is 12.4 Å². The van der Waals surface area contributed by atoms with Crippen molar-refractivity contribution >= 4 is 22.8 Å². The molecule has 0 bridgehead atoms. The van der Waals surface area contributed by atoms with Crippen LogP contribution in [0, 0.1) is 0 Å². The number of hydrogen-bond donors (Lipinski definition) is 2. The highest BCUT2D eigenvalue weighted by atomic mass is 16.5. The largest absolute Gasteiger partial charge is 0.480 e. The highest BCUT2D eigenvalue weighted by Crippen LogP contribution is 2.33. The number of carbonyl (C=O) groups is 2. The van der Waals surface area contributed by atoms with Gasteiger partial charge in [-0.1, -0.05) is 18.2 Å². The van der Waals surface area contributed by atoms with Crippen molar-refractivity contribution in [1.82, 2.24) is 5.32 Å². The molecule has 0 aliphatic heterocycles. The summed E-state index contributed by atoms with van der Waals surface area (Å²) in [6.45, 7) is 0.222. The fourth-order valence-corrected chi connectivity index (χ4v) is 2.77. The molecule has 1 aromatic heterocycles. The maximum Gasteiger partial charge on any atom is 0.329 e. The van der Waals surface area contributed by atoms with E-state index in [9.17, 15) is 14.7 Å².